The third-order valence-corrected chi connectivity index (χ3v) is 3.90. The van der Waals surface area contributed by atoms with Crippen LogP contribution in [-0.4, -0.2) is 46.8 Å². The Hall–Kier alpha value is -2.12. The number of rotatable bonds is 17. The number of carbonyl (C=O) groups is 4. The van der Waals surface area contributed by atoms with E-state index in [4.69, 9.17) is 19.7 Å². The monoisotopic (exact) mass is 388 g/mol. The van der Waals surface area contributed by atoms with Crippen LogP contribution < -0.4 is 0 Å². The van der Waals surface area contributed by atoms with Gasteiger partial charge in [-0.1, -0.05) is 19.8 Å². The molecule has 0 heterocycles. The molecular formula is C19H32O8. The van der Waals surface area contributed by atoms with Crippen LogP contribution in [0.4, 0.5) is 0 Å². The van der Waals surface area contributed by atoms with Crippen LogP contribution in [0, 0.1) is 0 Å². The molecule has 1 unspecified atom stereocenters. The first-order chi connectivity index (χ1) is 12.8. The summed E-state index contributed by atoms with van der Waals surface area (Å²) in [6.07, 6.45) is 4.96. The lowest BCUT2D eigenvalue weighted by Crippen LogP contribution is -2.25. The van der Waals surface area contributed by atoms with Crippen LogP contribution in [-0.2, 0) is 28.7 Å². The molecule has 0 aliphatic carbocycles. The molecule has 0 radical (unpaired) electrons. The molecule has 1 atom stereocenters. The van der Waals surface area contributed by atoms with Crippen LogP contribution >= 0.6 is 0 Å². The van der Waals surface area contributed by atoms with Crippen molar-refractivity contribution >= 4 is 23.9 Å². The highest BCUT2D eigenvalue weighted by Crippen LogP contribution is 2.11. The third-order valence-electron chi connectivity index (χ3n) is 3.90. The number of carboxylic acid groups (broad SMARTS) is 2. The van der Waals surface area contributed by atoms with Crippen LogP contribution in [0.1, 0.15) is 84.0 Å². The first kappa shape index (κ1) is 24.9. The lowest BCUT2D eigenvalue weighted by molar-refractivity contribution is -0.159. The second kappa shape index (κ2) is 16.1. The third kappa shape index (κ3) is 17.1. The maximum absolute atomic E-state index is 11.9. The highest BCUT2D eigenvalue weighted by Gasteiger charge is 2.17. The number of carboxylic acids is 2. The summed E-state index contributed by atoms with van der Waals surface area (Å²) in [5.74, 6) is -2.64. The predicted molar refractivity (Wildman–Crippen MR) is 97.2 cm³/mol. The van der Waals surface area contributed by atoms with E-state index in [0.717, 1.165) is 19.3 Å². The second-order valence-corrected chi connectivity index (χ2v) is 6.49. The minimum Gasteiger partial charge on any atom is -0.481 e. The molecule has 0 spiro atoms. The molecule has 0 aromatic carbocycles. The molecule has 156 valence electrons. The van der Waals surface area contributed by atoms with Crippen LogP contribution in [0.5, 0.6) is 0 Å². The summed E-state index contributed by atoms with van der Waals surface area (Å²) in [6, 6.07) is 0. The van der Waals surface area contributed by atoms with E-state index in [1.54, 1.807) is 0 Å². The second-order valence-electron chi connectivity index (χ2n) is 6.49. The van der Waals surface area contributed by atoms with Gasteiger partial charge in [0.2, 0.25) is 0 Å². The van der Waals surface area contributed by atoms with Crippen molar-refractivity contribution in [1.29, 1.82) is 0 Å². The van der Waals surface area contributed by atoms with Gasteiger partial charge in [0.25, 0.3) is 0 Å². The lowest BCUT2D eigenvalue weighted by atomic mass is 10.1. The van der Waals surface area contributed by atoms with Crippen molar-refractivity contribution in [2.75, 3.05) is 6.61 Å². The van der Waals surface area contributed by atoms with Crippen LogP contribution in [0.2, 0.25) is 0 Å². The fraction of sp³-hybridized carbons (Fsp3) is 0.789. The van der Waals surface area contributed by atoms with Crippen molar-refractivity contribution in [2.45, 2.75) is 90.1 Å². The van der Waals surface area contributed by atoms with E-state index in [-0.39, 0.29) is 32.3 Å². The smallest absolute Gasteiger partial charge is 0.306 e. The summed E-state index contributed by atoms with van der Waals surface area (Å²) >= 11 is 0. The van der Waals surface area contributed by atoms with Crippen LogP contribution in [0.25, 0.3) is 0 Å². The van der Waals surface area contributed by atoms with Gasteiger partial charge in [-0.15, -0.1) is 0 Å². The molecule has 0 amide bonds. The minimum atomic E-state index is -0.894. The SMILES string of the molecule is CCCCCC(COC(=O)CCCCC(=O)O)OC(=O)CCCCC(=O)O. The van der Waals surface area contributed by atoms with E-state index in [0.29, 0.717) is 32.1 Å². The molecule has 0 aromatic heterocycles. The summed E-state index contributed by atoms with van der Waals surface area (Å²) in [5, 5.41) is 17.1. The molecule has 8 nitrogen and oxygen atoms in total. The number of unbranched alkanes of at least 4 members (excludes halogenated alkanes) is 4. The summed E-state index contributed by atoms with van der Waals surface area (Å²) in [5.41, 5.74) is 0. The van der Waals surface area contributed by atoms with E-state index >= 15 is 0 Å². The maximum atomic E-state index is 11.9. The van der Waals surface area contributed by atoms with E-state index in [2.05, 4.69) is 6.92 Å². The van der Waals surface area contributed by atoms with Crippen molar-refractivity contribution in [3.8, 4) is 0 Å². The van der Waals surface area contributed by atoms with Gasteiger partial charge in [-0.25, -0.2) is 0 Å². The molecule has 0 fully saturated rings. The number of carbonyl (C=O) groups excluding carboxylic acids is 2. The highest BCUT2D eigenvalue weighted by molar-refractivity contribution is 5.71. The van der Waals surface area contributed by atoms with Gasteiger partial charge in [-0.2, -0.15) is 0 Å². The summed E-state index contributed by atoms with van der Waals surface area (Å²) in [6.45, 7) is 2.04. The summed E-state index contributed by atoms with van der Waals surface area (Å²) < 4.78 is 10.5. The van der Waals surface area contributed by atoms with E-state index in [9.17, 15) is 19.2 Å². The fourth-order valence-electron chi connectivity index (χ4n) is 2.39. The first-order valence-electron chi connectivity index (χ1n) is 9.63. The van der Waals surface area contributed by atoms with Gasteiger partial charge in [0, 0.05) is 25.7 Å². The maximum Gasteiger partial charge on any atom is 0.306 e. The zero-order chi connectivity index (χ0) is 20.5. The van der Waals surface area contributed by atoms with Crippen molar-refractivity contribution in [3.05, 3.63) is 0 Å². The number of hydrogen-bond acceptors (Lipinski definition) is 6. The molecule has 0 bridgehead atoms. The molecule has 0 rings (SSSR count). The predicted octanol–water partition coefficient (Wildman–Crippen LogP) is 3.31. The Labute approximate surface area is 160 Å². The average molecular weight is 388 g/mol. The van der Waals surface area contributed by atoms with Crippen molar-refractivity contribution in [1.82, 2.24) is 0 Å². The molecule has 8 heteroatoms. The zero-order valence-electron chi connectivity index (χ0n) is 16.1. The van der Waals surface area contributed by atoms with E-state index in [1.165, 1.54) is 0 Å². The van der Waals surface area contributed by atoms with E-state index in [1.807, 2.05) is 0 Å². The van der Waals surface area contributed by atoms with Gasteiger partial charge in [0.15, 0.2) is 0 Å². The Bertz CT molecular complexity index is 461. The molecule has 0 saturated heterocycles. The number of esters is 2. The van der Waals surface area contributed by atoms with Gasteiger partial charge >= 0.3 is 23.9 Å². The Morgan fingerprint density at radius 3 is 1.78 bits per heavy atom. The quantitative estimate of drug-likeness (QED) is 0.287. The highest BCUT2D eigenvalue weighted by atomic mass is 16.6. The van der Waals surface area contributed by atoms with Crippen molar-refractivity contribution in [3.63, 3.8) is 0 Å². The van der Waals surface area contributed by atoms with Gasteiger partial charge in [-0.05, 0) is 38.5 Å². The summed E-state index contributed by atoms with van der Waals surface area (Å²) in [4.78, 5) is 44.5. The molecule has 0 saturated carbocycles. The average Bonchev–Trinajstić information content (AvgIpc) is 2.60. The van der Waals surface area contributed by atoms with Gasteiger partial charge in [-0.3, -0.25) is 19.2 Å². The van der Waals surface area contributed by atoms with Gasteiger partial charge < -0.3 is 19.7 Å². The Balaban J connectivity index is 4.17. The standard InChI is InChI=1S/C19H32O8/c1-2-3-4-9-15(27-19(25)13-8-6-11-17(22)23)14-26-18(24)12-7-5-10-16(20)21/h15H,2-14H2,1H3,(H,20,21)(H,22,23). The topological polar surface area (TPSA) is 127 Å². The lowest BCUT2D eigenvalue weighted by Gasteiger charge is -2.18. The first-order valence-corrected chi connectivity index (χ1v) is 9.63. The van der Waals surface area contributed by atoms with E-state index < -0.39 is 30.0 Å². The zero-order valence-corrected chi connectivity index (χ0v) is 16.1. The molecule has 2 N–H and O–H groups in total. The normalized spacial score (nSPS) is 11.6. The largest absolute Gasteiger partial charge is 0.481 e. The van der Waals surface area contributed by atoms with Gasteiger partial charge in [0.05, 0.1) is 0 Å². The molecule has 0 aliphatic heterocycles. The summed E-state index contributed by atoms with van der Waals surface area (Å²) in [7, 11) is 0. The molecular weight excluding hydrogens is 356 g/mol. The Morgan fingerprint density at radius 1 is 0.741 bits per heavy atom. The number of ether oxygens (including phenoxy) is 2. The van der Waals surface area contributed by atoms with Gasteiger partial charge in [0.1, 0.15) is 12.7 Å². The molecule has 0 aromatic rings. The Kier molecular flexibility index (Phi) is 14.8. The minimum absolute atomic E-state index is 0.0116. The molecule has 27 heavy (non-hydrogen) atoms. The van der Waals surface area contributed by atoms with Crippen molar-refractivity contribution < 1.29 is 38.9 Å². The number of aliphatic carboxylic acids is 2. The molecule has 0 aliphatic rings. The van der Waals surface area contributed by atoms with Crippen LogP contribution in [0.3, 0.4) is 0 Å². The number of hydrogen-bond donors (Lipinski definition) is 2. The Morgan fingerprint density at radius 2 is 1.26 bits per heavy atom. The van der Waals surface area contributed by atoms with Crippen LogP contribution in [0.15, 0.2) is 0 Å². The van der Waals surface area contributed by atoms with Crippen molar-refractivity contribution in [2.24, 2.45) is 0 Å². The fourth-order valence-corrected chi connectivity index (χ4v) is 2.39.